The molecule has 0 spiro atoms. The van der Waals surface area contributed by atoms with Crippen molar-refractivity contribution in [3.63, 3.8) is 0 Å². The zero-order chi connectivity index (χ0) is 19.7. The number of ether oxygens (including phenoxy) is 2. The molecular formula is C18H27F3N4O2. The molecule has 1 saturated heterocycles. The average molecular weight is 388 g/mol. The van der Waals surface area contributed by atoms with Gasteiger partial charge in [-0.1, -0.05) is 12.1 Å². The molecule has 6 nitrogen and oxygen atoms in total. The van der Waals surface area contributed by atoms with Gasteiger partial charge in [-0.05, 0) is 31.5 Å². The van der Waals surface area contributed by atoms with Gasteiger partial charge in [0.1, 0.15) is 5.75 Å². The molecule has 0 unspecified atom stereocenters. The number of alkyl halides is 3. The molecule has 1 fully saturated rings. The van der Waals surface area contributed by atoms with E-state index in [4.69, 9.17) is 15.2 Å². The fraction of sp³-hybridized carbons (Fsp3) is 0.611. The maximum absolute atomic E-state index is 12.4. The summed E-state index contributed by atoms with van der Waals surface area (Å²) in [4.78, 5) is 6.53. The van der Waals surface area contributed by atoms with Crippen molar-refractivity contribution >= 4 is 5.96 Å². The molecule has 152 valence electrons. The van der Waals surface area contributed by atoms with Gasteiger partial charge in [0.15, 0.2) is 12.6 Å². The van der Waals surface area contributed by atoms with E-state index >= 15 is 0 Å². The van der Waals surface area contributed by atoms with Crippen LogP contribution in [0, 0.1) is 6.92 Å². The van der Waals surface area contributed by atoms with Crippen LogP contribution in [0.5, 0.6) is 5.75 Å². The summed E-state index contributed by atoms with van der Waals surface area (Å²) in [7, 11) is 0. The Bertz CT molecular complexity index is 617. The highest BCUT2D eigenvalue weighted by Crippen LogP contribution is 2.24. The van der Waals surface area contributed by atoms with Crippen molar-refractivity contribution in [2.75, 3.05) is 46.0 Å². The Morgan fingerprint density at radius 2 is 2.07 bits per heavy atom. The van der Waals surface area contributed by atoms with Crippen LogP contribution in [0.1, 0.15) is 17.5 Å². The number of benzene rings is 1. The Morgan fingerprint density at radius 3 is 2.78 bits per heavy atom. The third kappa shape index (κ3) is 8.49. The van der Waals surface area contributed by atoms with Crippen LogP contribution in [0.15, 0.2) is 23.2 Å². The standard InChI is InChI=1S/C18H27F3N4O2/c1-14-3-4-15(16(11-14)27-13-18(19,20)21)12-24-17(22)23-5-2-6-25-7-9-26-10-8-25/h3-4,11H,2,5-10,12-13H2,1H3,(H3,22,23,24). The fourth-order valence-electron chi connectivity index (χ4n) is 2.66. The second-order valence-electron chi connectivity index (χ2n) is 6.45. The summed E-state index contributed by atoms with van der Waals surface area (Å²) in [5.41, 5.74) is 7.22. The zero-order valence-corrected chi connectivity index (χ0v) is 15.5. The van der Waals surface area contributed by atoms with Crippen molar-refractivity contribution in [1.82, 2.24) is 10.2 Å². The molecule has 0 aliphatic carbocycles. The molecule has 3 N–H and O–H groups in total. The Labute approximate surface area is 157 Å². The second-order valence-corrected chi connectivity index (χ2v) is 6.45. The largest absolute Gasteiger partial charge is 0.484 e. The predicted octanol–water partition coefficient (Wildman–Crippen LogP) is 2.06. The van der Waals surface area contributed by atoms with E-state index in [1.165, 1.54) is 0 Å². The smallest absolute Gasteiger partial charge is 0.422 e. The molecule has 0 aromatic heterocycles. The maximum atomic E-state index is 12.4. The molecule has 0 atom stereocenters. The maximum Gasteiger partial charge on any atom is 0.422 e. The van der Waals surface area contributed by atoms with E-state index < -0.39 is 12.8 Å². The monoisotopic (exact) mass is 388 g/mol. The number of nitrogens with zero attached hydrogens (tertiary/aromatic N) is 2. The number of hydrogen-bond acceptors (Lipinski definition) is 4. The van der Waals surface area contributed by atoms with Gasteiger partial charge in [0.25, 0.3) is 0 Å². The molecule has 1 aliphatic heterocycles. The van der Waals surface area contributed by atoms with Crippen LogP contribution in [-0.2, 0) is 11.3 Å². The van der Waals surface area contributed by atoms with Crippen LogP contribution in [-0.4, -0.2) is 63.0 Å². The van der Waals surface area contributed by atoms with Gasteiger partial charge >= 0.3 is 6.18 Å². The Hall–Kier alpha value is -2.00. The highest BCUT2D eigenvalue weighted by molar-refractivity contribution is 5.77. The summed E-state index contributed by atoms with van der Waals surface area (Å²) in [5, 5.41) is 3.03. The summed E-state index contributed by atoms with van der Waals surface area (Å²) in [6.07, 6.45) is -3.47. The Morgan fingerprint density at radius 1 is 1.33 bits per heavy atom. The number of aryl methyl sites for hydroxylation is 1. The molecule has 0 amide bonds. The van der Waals surface area contributed by atoms with Crippen LogP contribution < -0.4 is 15.8 Å². The van der Waals surface area contributed by atoms with Crippen LogP contribution in [0.4, 0.5) is 13.2 Å². The normalized spacial score (nSPS) is 16.4. The quantitative estimate of drug-likeness (QED) is 0.405. The van der Waals surface area contributed by atoms with Gasteiger partial charge in [-0.15, -0.1) is 0 Å². The first-order valence-corrected chi connectivity index (χ1v) is 8.96. The van der Waals surface area contributed by atoms with E-state index in [9.17, 15) is 13.2 Å². The number of nitrogens with one attached hydrogen (secondary N) is 1. The number of nitrogens with two attached hydrogens (primary N) is 1. The molecule has 9 heteroatoms. The van der Waals surface area contributed by atoms with E-state index in [1.807, 2.05) is 0 Å². The van der Waals surface area contributed by atoms with Crippen molar-refractivity contribution in [2.45, 2.75) is 26.1 Å². The molecule has 2 rings (SSSR count). The van der Waals surface area contributed by atoms with E-state index in [1.54, 1.807) is 25.1 Å². The number of aliphatic imine (C=N–C) groups is 1. The average Bonchev–Trinajstić information content (AvgIpc) is 2.63. The van der Waals surface area contributed by atoms with Gasteiger partial charge in [-0.3, -0.25) is 4.90 Å². The lowest BCUT2D eigenvalue weighted by atomic mass is 10.1. The third-order valence-corrected chi connectivity index (χ3v) is 4.09. The topological polar surface area (TPSA) is 72.1 Å². The Kier molecular flexibility index (Phi) is 8.18. The minimum atomic E-state index is -4.38. The molecule has 1 aromatic carbocycles. The number of hydrogen-bond donors (Lipinski definition) is 2. The number of rotatable bonds is 8. The SMILES string of the molecule is Cc1ccc(CN=C(N)NCCCN2CCOCC2)c(OCC(F)(F)F)c1. The van der Waals surface area contributed by atoms with Gasteiger partial charge in [-0.2, -0.15) is 13.2 Å². The highest BCUT2D eigenvalue weighted by Gasteiger charge is 2.28. The van der Waals surface area contributed by atoms with Crippen LogP contribution in [0.25, 0.3) is 0 Å². The summed E-state index contributed by atoms with van der Waals surface area (Å²) < 4.78 is 47.4. The number of guanidine groups is 1. The number of halogens is 3. The minimum absolute atomic E-state index is 0.149. The predicted molar refractivity (Wildman–Crippen MR) is 97.9 cm³/mol. The van der Waals surface area contributed by atoms with Crippen LogP contribution in [0.2, 0.25) is 0 Å². The van der Waals surface area contributed by atoms with E-state index in [-0.39, 0.29) is 18.3 Å². The van der Waals surface area contributed by atoms with Gasteiger partial charge < -0.3 is 20.5 Å². The van der Waals surface area contributed by atoms with E-state index in [2.05, 4.69) is 15.2 Å². The summed E-state index contributed by atoms with van der Waals surface area (Å²) in [6.45, 7) is 5.67. The minimum Gasteiger partial charge on any atom is -0.484 e. The highest BCUT2D eigenvalue weighted by atomic mass is 19.4. The Balaban J connectivity index is 1.79. The lowest BCUT2D eigenvalue weighted by molar-refractivity contribution is -0.153. The van der Waals surface area contributed by atoms with Crippen LogP contribution >= 0.6 is 0 Å². The third-order valence-electron chi connectivity index (χ3n) is 4.09. The second kappa shape index (κ2) is 10.4. The lowest BCUT2D eigenvalue weighted by Gasteiger charge is -2.26. The molecule has 1 aliphatic rings. The van der Waals surface area contributed by atoms with Gasteiger partial charge in [-0.25, -0.2) is 4.99 Å². The molecule has 1 heterocycles. The molecule has 1 aromatic rings. The van der Waals surface area contributed by atoms with Crippen molar-refractivity contribution in [1.29, 1.82) is 0 Å². The van der Waals surface area contributed by atoms with Crippen molar-refractivity contribution in [3.05, 3.63) is 29.3 Å². The molecule has 27 heavy (non-hydrogen) atoms. The fourth-order valence-corrected chi connectivity index (χ4v) is 2.66. The molecular weight excluding hydrogens is 361 g/mol. The summed E-state index contributed by atoms with van der Waals surface area (Å²) in [5.74, 6) is 0.440. The summed E-state index contributed by atoms with van der Waals surface area (Å²) >= 11 is 0. The van der Waals surface area contributed by atoms with Gasteiger partial charge in [0.2, 0.25) is 0 Å². The summed E-state index contributed by atoms with van der Waals surface area (Å²) in [6, 6.07) is 5.08. The molecule has 0 radical (unpaired) electrons. The lowest BCUT2D eigenvalue weighted by Crippen LogP contribution is -2.39. The van der Waals surface area contributed by atoms with E-state index in [0.717, 1.165) is 44.8 Å². The van der Waals surface area contributed by atoms with Crippen molar-refractivity contribution in [2.24, 2.45) is 10.7 Å². The molecule has 0 saturated carbocycles. The first-order valence-electron chi connectivity index (χ1n) is 8.96. The van der Waals surface area contributed by atoms with Gasteiger partial charge in [0, 0.05) is 25.2 Å². The first kappa shape index (κ1) is 21.3. The number of morpholine rings is 1. The van der Waals surface area contributed by atoms with E-state index in [0.29, 0.717) is 12.1 Å². The van der Waals surface area contributed by atoms with Crippen LogP contribution in [0.3, 0.4) is 0 Å². The van der Waals surface area contributed by atoms with Crippen molar-refractivity contribution in [3.8, 4) is 5.75 Å². The first-order chi connectivity index (χ1) is 12.8. The zero-order valence-electron chi connectivity index (χ0n) is 15.5. The van der Waals surface area contributed by atoms with Crippen molar-refractivity contribution < 1.29 is 22.6 Å². The van der Waals surface area contributed by atoms with Gasteiger partial charge in [0.05, 0.1) is 19.8 Å². The molecule has 0 bridgehead atoms.